The van der Waals surface area contributed by atoms with Crippen molar-refractivity contribution in [1.82, 2.24) is 15.0 Å². The standard InChI is InChI=1S/C8H8N4O3/c1-5(13)11-8-3-2-6(12(14)15)4-7(8)9-10-11/h2-5,13H,1H3. The van der Waals surface area contributed by atoms with Gasteiger partial charge in [0.05, 0.1) is 10.4 Å². The first-order chi connectivity index (χ1) is 7.09. The summed E-state index contributed by atoms with van der Waals surface area (Å²) in [5, 5.41) is 27.2. The molecule has 0 aliphatic rings. The van der Waals surface area contributed by atoms with Crippen LogP contribution in [-0.2, 0) is 0 Å². The molecule has 0 saturated heterocycles. The van der Waals surface area contributed by atoms with E-state index in [0.29, 0.717) is 11.0 Å². The fraction of sp³-hybridized carbons (Fsp3) is 0.250. The highest BCUT2D eigenvalue weighted by atomic mass is 16.6. The molecule has 7 nitrogen and oxygen atoms in total. The predicted molar refractivity (Wildman–Crippen MR) is 51.1 cm³/mol. The molecular formula is C8H8N4O3. The van der Waals surface area contributed by atoms with Crippen LogP contribution < -0.4 is 0 Å². The van der Waals surface area contributed by atoms with E-state index in [0.717, 1.165) is 0 Å². The monoisotopic (exact) mass is 208 g/mol. The Morgan fingerprint density at radius 2 is 2.33 bits per heavy atom. The van der Waals surface area contributed by atoms with E-state index in [9.17, 15) is 15.2 Å². The SMILES string of the molecule is CC(O)n1nnc2cc([N+](=O)[O-])ccc21. The number of aliphatic hydroxyl groups excluding tert-OH is 1. The van der Waals surface area contributed by atoms with Gasteiger partial charge in [-0.3, -0.25) is 10.1 Å². The van der Waals surface area contributed by atoms with E-state index >= 15 is 0 Å². The first kappa shape index (κ1) is 9.53. The summed E-state index contributed by atoms with van der Waals surface area (Å²) in [6.45, 7) is 1.54. The van der Waals surface area contributed by atoms with E-state index in [4.69, 9.17) is 0 Å². The zero-order valence-corrected chi connectivity index (χ0v) is 7.86. The van der Waals surface area contributed by atoms with Crippen molar-refractivity contribution in [2.24, 2.45) is 0 Å². The number of aromatic nitrogens is 3. The molecule has 1 heterocycles. The van der Waals surface area contributed by atoms with Crippen LogP contribution in [0.25, 0.3) is 11.0 Å². The number of non-ortho nitro benzene ring substituents is 1. The Labute approximate surface area is 84.1 Å². The molecule has 1 atom stereocenters. The van der Waals surface area contributed by atoms with E-state index in [1.165, 1.54) is 29.8 Å². The fourth-order valence-corrected chi connectivity index (χ4v) is 1.32. The molecule has 0 radical (unpaired) electrons. The molecular weight excluding hydrogens is 200 g/mol. The smallest absolute Gasteiger partial charge is 0.271 e. The average Bonchev–Trinajstić information content (AvgIpc) is 2.59. The Hall–Kier alpha value is -2.02. The van der Waals surface area contributed by atoms with E-state index in [1.807, 2.05) is 0 Å². The number of hydrogen-bond donors (Lipinski definition) is 1. The van der Waals surface area contributed by atoms with Gasteiger partial charge in [-0.1, -0.05) is 5.21 Å². The highest BCUT2D eigenvalue weighted by molar-refractivity contribution is 5.77. The second-order valence-electron chi connectivity index (χ2n) is 3.10. The Morgan fingerprint density at radius 1 is 1.60 bits per heavy atom. The van der Waals surface area contributed by atoms with Crippen molar-refractivity contribution in [3.05, 3.63) is 28.3 Å². The molecule has 15 heavy (non-hydrogen) atoms. The number of nitro groups is 1. The molecule has 0 fully saturated rings. The van der Waals surface area contributed by atoms with E-state index in [2.05, 4.69) is 10.3 Å². The van der Waals surface area contributed by atoms with Crippen LogP contribution in [0.4, 0.5) is 5.69 Å². The maximum Gasteiger partial charge on any atom is 0.271 e. The van der Waals surface area contributed by atoms with Crippen molar-refractivity contribution in [3.8, 4) is 0 Å². The lowest BCUT2D eigenvalue weighted by Crippen LogP contribution is -2.05. The van der Waals surface area contributed by atoms with Gasteiger partial charge in [0.25, 0.3) is 5.69 Å². The van der Waals surface area contributed by atoms with Crippen molar-refractivity contribution < 1.29 is 10.0 Å². The molecule has 1 aromatic carbocycles. The van der Waals surface area contributed by atoms with Crippen molar-refractivity contribution in [2.45, 2.75) is 13.2 Å². The maximum absolute atomic E-state index is 10.5. The molecule has 1 unspecified atom stereocenters. The minimum atomic E-state index is -0.809. The first-order valence-corrected chi connectivity index (χ1v) is 4.27. The van der Waals surface area contributed by atoms with Crippen LogP contribution in [0.5, 0.6) is 0 Å². The molecule has 7 heteroatoms. The van der Waals surface area contributed by atoms with Crippen LogP contribution in [0, 0.1) is 10.1 Å². The van der Waals surface area contributed by atoms with Gasteiger partial charge in [-0.25, -0.2) is 4.68 Å². The van der Waals surface area contributed by atoms with Crippen LogP contribution in [0.2, 0.25) is 0 Å². The van der Waals surface area contributed by atoms with Crippen LogP contribution >= 0.6 is 0 Å². The number of hydrogen-bond acceptors (Lipinski definition) is 5. The highest BCUT2D eigenvalue weighted by Gasteiger charge is 2.12. The van der Waals surface area contributed by atoms with Gasteiger partial charge in [0.2, 0.25) is 0 Å². The summed E-state index contributed by atoms with van der Waals surface area (Å²) in [5.74, 6) is 0. The summed E-state index contributed by atoms with van der Waals surface area (Å²) >= 11 is 0. The summed E-state index contributed by atoms with van der Waals surface area (Å²) in [7, 11) is 0. The third-order valence-electron chi connectivity index (χ3n) is 2.02. The second-order valence-corrected chi connectivity index (χ2v) is 3.10. The number of fused-ring (bicyclic) bond motifs is 1. The zero-order valence-electron chi connectivity index (χ0n) is 7.86. The average molecular weight is 208 g/mol. The molecule has 1 N–H and O–H groups in total. The summed E-state index contributed by atoms with van der Waals surface area (Å²) < 4.78 is 1.29. The third kappa shape index (κ3) is 1.52. The van der Waals surface area contributed by atoms with E-state index in [1.54, 1.807) is 0 Å². The molecule has 1 aromatic heterocycles. The lowest BCUT2D eigenvalue weighted by Gasteiger charge is -2.03. The molecule has 2 rings (SSSR count). The van der Waals surface area contributed by atoms with Crippen molar-refractivity contribution in [3.63, 3.8) is 0 Å². The van der Waals surface area contributed by atoms with Crippen LogP contribution in [0.3, 0.4) is 0 Å². The topological polar surface area (TPSA) is 94.1 Å². The second kappa shape index (κ2) is 3.28. The van der Waals surface area contributed by atoms with Gasteiger partial charge in [0.1, 0.15) is 11.7 Å². The Bertz CT molecular complexity index is 520. The Balaban J connectivity index is 2.61. The maximum atomic E-state index is 10.5. The third-order valence-corrected chi connectivity index (χ3v) is 2.02. The van der Waals surface area contributed by atoms with Crippen LogP contribution in [0.1, 0.15) is 13.2 Å². The highest BCUT2D eigenvalue weighted by Crippen LogP contribution is 2.20. The number of rotatable bonds is 2. The number of aliphatic hydroxyl groups is 1. The number of nitrogens with zero attached hydrogens (tertiary/aromatic N) is 4. The van der Waals surface area contributed by atoms with Gasteiger partial charge < -0.3 is 5.11 Å². The lowest BCUT2D eigenvalue weighted by molar-refractivity contribution is -0.384. The number of nitro benzene ring substituents is 1. The predicted octanol–water partition coefficient (Wildman–Crippen LogP) is 0.850. The Kier molecular flexibility index (Phi) is 2.09. The summed E-state index contributed by atoms with van der Waals surface area (Å²) in [6.07, 6.45) is -0.809. The normalized spacial score (nSPS) is 12.9. The van der Waals surface area contributed by atoms with Gasteiger partial charge >= 0.3 is 0 Å². The largest absolute Gasteiger partial charge is 0.372 e. The van der Waals surface area contributed by atoms with E-state index < -0.39 is 11.2 Å². The van der Waals surface area contributed by atoms with E-state index in [-0.39, 0.29) is 5.69 Å². The van der Waals surface area contributed by atoms with Gasteiger partial charge in [-0.2, -0.15) is 0 Å². The molecule has 0 aliphatic heterocycles. The fourth-order valence-electron chi connectivity index (χ4n) is 1.32. The first-order valence-electron chi connectivity index (χ1n) is 4.27. The minimum Gasteiger partial charge on any atom is -0.372 e. The van der Waals surface area contributed by atoms with Gasteiger partial charge in [-0.05, 0) is 13.0 Å². The van der Waals surface area contributed by atoms with Crippen LogP contribution in [-0.4, -0.2) is 25.0 Å². The molecule has 0 saturated carbocycles. The van der Waals surface area contributed by atoms with Crippen molar-refractivity contribution in [1.29, 1.82) is 0 Å². The molecule has 0 bridgehead atoms. The molecule has 0 spiro atoms. The molecule has 0 aliphatic carbocycles. The quantitative estimate of drug-likeness (QED) is 0.583. The zero-order chi connectivity index (χ0) is 11.0. The Morgan fingerprint density at radius 3 is 2.93 bits per heavy atom. The van der Waals surface area contributed by atoms with Gasteiger partial charge in [0, 0.05) is 12.1 Å². The van der Waals surface area contributed by atoms with Gasteiger partial charge in [0.15, 0.2) is 0 Å². The molecule has 78 valence electrons. The summed E-state index contributed by atoms with van der Waals surface area (Å²) in [4.78, 5) is 9.99. The summed E-state index contributed by atoms with van der Waals surface area (Å²) in [6, 6.07) is 4.19. The minimum absolute atomic E-state index is 0.0415. The summed E-state index contributed by atoms with van der Waals surface area (Å²) in [5.41, 5.74) is 0.917. The molecule has 2 aromatic rings. The lowest BCUT2D eigenvalue weighted by atomic mass is 10.3. The molecule has 0 amide bonds. The van der Waals surface area contributed by atoms with Crippen molar-refractivity contribution >= 4 is 16.7 Å². The van der Waals surface area contributed by atoms with Gasteiger partial charge in [-0.15, -0.1) is 5.10 Å². The van der Waals surface area contributed by atoms with Crippen molar-refractivity contribution in [2.75, 3.05) is 0 Å². The number of benzene rings is 1. The van der Waals surface area contributed by atoms with Crippen LogP contribution in [0.15, 0.2) is 18.2 Å².